The average Bonchev–Trinajstić information content (AvgIpc) is 2.58. The zero-order valence-corrected chi connectivity index (χ0v) is 13.5. The summed E-state index contributed by atoms with van der Waals surface area (Å²) in [6.45, 7) is 2.25. The molecule has 1 nitrogen and oxygen atoms in total. The van der Waals surface area contributed by atoms with Gasteiger partial charge in [0.1, 0.15) is 0 Å². The van der Waals surface area contributed by atoms with Crippen molar-refractivity contribution in [3.05, 3.63) is 59.7 Å². The van der Waals surface area contributed by atoms with Crippen molar-refractivity contribution in [2.75, 3.05) is 0 Å². The molecule has 0 spiro atoms. The molecule has 0 fully saturated rings. The summed E-state index contributed by atoms with van der Waals surface area (Å²) in [6, 6.07) is 18.8. The highest BCUT2D eigenvalue weighted by Gasteiger charge is 2.06. The summed E-state index contributed by atoms with van der Waals surface area (Å²) in [4.78, 5) is 0. The maximum absolute atomic E-state index is 9.14. The van der Waals surface area contributed by atoms with E-state index in [2.05, 4.69) is 49.4 Å². The maximum atomic E-state index is 9.14. The molecule has 22 heavy (non-hydrogen) atoms. The van der Waals surface area contributed by atoms with Gasteiger partial charge in [-0.1, -0.05) is 75.4 Å². The van der Waals surface area contributed by atoms with Crippen molar-refractivity contribution < 1.29 is 0 Å². The van der Waals surface area contributed by atoms with Crippen LogP contribution in [0.15, 0.2) is 48.5 Å². The fraction of sp³-hybridized carbons (Fsp3) is 0.381. The van der Waals surface area contributed by atoms with Crippen LogP contribution >= 0.6 is 0 Å². The fourth-order valence-electron chi connectivity index (χ4n) is 2.87. The molecular formula is C21H25N. The predicted molar refractivity (Wildman–Crippen MR) is 93.7 cm³/mol. The number of nitrogens with zero attached hydrogens (tertiary/aromatic N) is 1. The molecule has 0 aliphatic rings. The van der Waals surface area contributed by atoms with E-state index in [0.29, 0.717) is 0 Å². The van der Waals surface area contributed by atoms with Gasteiger partial charge in [-0.15, -0.1) is 0 Å². The standard InChI is InChI=1S/C21H25N/c1-2-3-4-5-6-8-13-20-16-18(17-22)14-15-21(20)19-11-9-7-10-12-19/h7,9-12,14-16H,2-6,8,13H2,1H3. The highest BCUT2D eigenvalue weighted by molar-refractivity contribution is 5.68. The Morgan fingerprint density at radius 1 is 0.864 bits per heavy atom. The molecule has 0 aliphatic heterocycles. The second-order valence-electron chi connectivity index (χ2n) is 5.87. The lowest BCUT2D eigenvalue weighted by Crippen LogP contribution is -1.93. The molecule has 114 valence electrons. The summed E-state index contributed by atoms with van der Waals surface area (Å²) >= 11 is 0. The Labute approximate surface area is 134 Å². The van der Waals surface area contributed by atoms with Gasteiger partial charge in [0.15, 0.2) is 0 Å². The third kappa shape index (κ3) is 4.74. The van der Waals surface area contributed by atoms with E-state index < -0.39 is 0 Å². The molecule has 0 unspecified atom stereocenters. The zero-order valence-electron chi connectivity index (χ0n) is 13.5. The first-order valence-electron chi connectivity index (χ1n) is 8.43. The summed E-state index contributed by atoms with van der Waals surface area (Å²) in [5.74, 6) is 0. The van der Waals surface area contributed by atoms with Crippen molar-refractivity contribution in [1.29, 1.82) is 5.26 Å². The van der Waals surface area contributed by atoms with Gasteiger partial charge in [0.25, 0.3) is 0 Å². The van der Waals surface area contributed by atoms with E-state index in [1.807, 2.05) is 12.1 Å². The monoisotopic (exact) mass is 291 g/mol. The quantitative estimate of drug-likeness (QED) is 0.537. The highest BCUT2D eigenvalue weighted by Crippen LogP contribution is 2.26. The molecule has 2 aromatic carbocycles. The number of nitriles is 1. The summed E-state index contributed by atoms with van der Waals surface area (Å²) in [5.41, 5.74) is 4.59. The van der Waals surface area contributed by atoms with Gasteiger partial charge in [-0.2, -0.15) is 5.26 Å². The molecule has 2 rings (SSSR count). The number of benzene rings is 2. The van der Waals surface area contributed by atoms with Crippen molar-refractivity contribution in [2.45, 2.75) is 51.9 Å². The fourth-order valence-corrected chi connectivity index (χ4v) is 2.87. The molecular weight excluding hydrogens is 266 g/mol. The molecule has 0 atom stereocenters. The Hall–Kier alpha value is -2.07. The molecule has 0 aliphatic carbocycles. The minimum atomic E-state index is 0.765. The topological polar surface area (TPSA) is 23.8 Å². The van der Waals surface area contributed by atoms with E-state index >= 15 is 0 Å². The Morgan fingerprint density at radius 3 is 2.32 bits per heavy atom. The minimum Gasteiger partial charge on any atom is -0.192 e. The van der Waals surface area contributed by atoms with Crippen molar-refractivity contribution in [3.8, 4) is 17.2 Å². The Bertz CT molecular complexity index is 608. The zero-order chi connectivity index (χ0) is 15.6. The van der Waals surface area contributed by atoms with E-state index in [1.165, 1.54) is 55.2 Å². The highest BCUT2D eigenvalue weighted by atomic mass is 14.2. The van der Waals surface area contributed by atoms with E-state index in [1.54, 1.807) is 0 Å². The second-order valence-corrected chi connectivity index (χ2v) is 5.87. The van der Waals surface area contributed by atoms with Crippen LogP contribution in [0.2, 0.25) is 0 Å². The van der Waals surface area contributed by atoms with Gasteiger partial charge in [-0.3, -0.25) is 0 Å². The van der Waals surface area contributed by atoms with Crippen LogP contribution in [0.3, 0.4) is 0 Å². The van der Waals surface area contributed by atoms with Gasteiger partial charge in [0.2, 0.25) is 0 Å². The van der Waals surface area contributed by atoms with Crippen molar-refractivity contribution in [1.82, 2.24) is 0 Å². The number of hydrogen-bond acceptors (Lipinski definition) is 1. The van der Waals surface area contributed by atoms with Gasteiger partial charge in [-0.25, -0.2) is 0 Å². The SMILES string of the molecule is CCCCCCCCc1cc(C#N)ccc1-c1ccccc1. The lowest BCUT2D eigenvalue weighted by atomic mass is 9.94. The lowest BCUT2D eigenvalue weighted by Gasteiger charge is -2.10. The van der Waals surface area contributed by atoms with Gasteiger partial charge < -0.3 is 0 Å². The van der Waals surface area contributed by atoms with Crippen LogP contribution in [0.5, 0.6) is 0 Å². The molecule has 1 heteroatoms. The summed E-state index contributed by atoms with van der Waals surface area (Å²) in [5, 5.41) is 9.14. The normalized spacial score (nSPS) is 10.4. The molecule has 0 saturated carbocycles. The van der Waals surface area contributed by atoms with E-state index in [4.69, 9.17) is 5.26 Å². The molecule has 2 aromatic rings. The molecule has 0 saturated heterocycles. The average molecular weight is 291 g/mol. The molecule has 0 N–H and O–H groups in total. The largest absolute Gasteiger partial charge is 0.192 e. The Balaban J connectivity index is 2.06. The van der Waals surface area contributed by atoms with Crippen LogP contribution in [-0.2, 0) is 6.42 Å². The van der Waals surface area contributed by atoms with Crippen molar-refractivity contribution in [2.24, 2.45) is 0 Å². The maximum Gasteiger partial charge on any atom is 0.0991 e. The number of unbranched alkanes of at least 4 members (excludes halogenated alkanes) is 5. The first kappa shape index (κ1) is 16.3. The Morgan fingerprint density at radius 2 is 1.59 bits per heavy atom. The van der Waals surface area contributed by atoms with Crippen LogP contribution in [-0.4, -0.2) is 0 Å². The first-order chi connectivity index (χ1) is 10.8. The van der Waals surface area contributed by atoms with E-state index in [9.17, 15) is 0 Å². The third-order valence-electron chi connectivity index (χ3n) is 4.12. The van der Waals surface area contributed by atoms with Crippen LogP contribution in [0.1, 0.15) is 56.6 Å². The lowest BCUT2D eigenvalue weighted by molar-refractivity contribution is 0.608. The van der Waals surface area contributed by atoms with E-state index in [-0.39, 0.29) is 0 Å². The Kier molecular flexibility index (Phi) is 6.71. The number of hydrogen-bond donors (Lipinski definition) is 0. The van der Waals surface area contributed by atoms with Gasteiger partial charge >= 0.3 is 0 Å². The number of rotatable bonds is 8. The molecule has 0 bridgehead atoms. The van der Waals surface area contributed by atoms with E-state index in [0.717, 1.165) is 12.0 Å². The molecule has 0 radical (unpaired) electrons. The summed E-state index contributed by atoms with van der Waals surface area (Å²) < 4.78 is 0. The van der Waals surface area contributed by atoms with Gasteiger partial charge in [0.05, 0.1) is 11.6 Å². The van der Waals surface area contributed by atoms with Gasteiger partial charge in [-0.05, 0) is 41.7 Å². The smallest absolute Gasteiger partial charge is 0.0991 e. The van der Waals surface area contributed by atoms with Crippen LogP contribution < -0.4 is 0 Å². The second kappa shape index (κ2) is 9.05. The summed E-state index contributed by atoms with van der Waals surface area (Å²) in [6.07, 6.45) is 8.86. The van der Waals surface area contributed by atoms with Crippen LogP contribution in [0.25, 0.3) is 11.1 Å². The first-order valence-corrected chi connectivity index (χ1v) is 8.43. The number of aryl methyl sites for hydroxylation is 1. The molecule has 0 aromatic heterocycles. The van der Waals surface area contributed by atoms with Crippen LogP contribution in [0.4, 0.5) is 0 Å². The van der Waals surface area contributed by atoms with Crippen LogP contribution in [0, 0.1) is 11.3 Å². The molecule has 0 heterocycles. The predicted octanol–water partition coefficient (Wildman–Crippen LogP) is 6.13. The van der Waals surface area contributed by atoms with Gasteiger partial charge in [0, 0.05) is 0 Å². The third-order valence-corrected chi connectivity index (χ3v) is 4.12. The van der Waals surface area contributed by atoms with Crippen molar-refractivity contribution in [3.63, 3.8) is 0 Å². The minimum absolute atomic E-state index is 0.765. The summed E-state index contributed by atoms with van der Waals surface area (Å²) in [7, 11) is 0. The van der Waals surface area contributed by atoms with Crippen molar-refractivity contribution >= 4 is 0 Å². The molecule has 0 amide bonds.